The maximum Gasteiger partial charge on any atom is 0.411 e. The third-order valence-corrected chi connectivity index (χ3v) is 5.75. The van der Waals surface area contributed by atoms with E-state index >= 15 is 0 Å². The lowest BCUT2D eigenvalue weighted by atomic mass is 9.99. The van der Waals surface area contributed by atoms with Crippen molar-refractivity contribution in [2.24, 2.45) is 0 Å². The summed E-state index contributed by atoms with van der Waals surface area (Å²) in [5.74, 6) is 0.842. The molecular weight excluding hydrogens is 465 g/mol. The monoisotopic (exact) mass is 488 g/mol. The smallest absolute Gasteiger partial charge is 0.411 e. The highest BCUT2D eigenvalue weighted by molar-refractivity contribution is 5.92. The van der Waals surface area contributed by atoms with Gasteiger partial charge in [-0.25, -0.2) is 4.68 Å². The molecule has 0 unspecified atom stereocenters. The summed E-state index contributed by atoms with van der Waals surface area (Å²) in [5.41, 5.74) is 3.02. The summed E-state index contributed by atoms with van der Waals surface area (Å²) in [7, 11) is 0. The molecular formula is C24H23F3N4O4. The summed E-state index contributed by atoms with van der Waals surface area (Å²) >= 11 is 0. The zero-order valence-corrected chi connectivity index (χ0v) is 18.6. The Hall–Kier alpha value is -3.60. The van der Waals surface area contributed by atoms with Crippen LogP contribution < -0.4 is 14.8 Å². The average molecular weight is 488 g/mol. The number of halogens is 3. The Bertz CT molecular complexity index is 1180. The normalized spacial score (nSPS) is 18.8. The highest BCUT2D eigenvalue weighted by Crippen LogP contribution is 2.30. The van der Waals surface area contributed by atoms with E-state index in [4.69, 9.17) is 9.47 Å². The highest BCUT2D eigenvalue weighted by Gasteiger charge is 2.30. The van der Waals surface area contributed by atoms with Crippen LogP contribution in [0, 0.1) is 0 Å². The van der Waals surface area contributed by atoms with Crippen LogP contribution in [0.5, 0.6) is 11.6 Å². The first-order valence-corrected chi connectivity index (χ1v) is 11.2. The number of ether oxygens (including phenoxy) is 3. The molecule has 2 aromatic heterocycles. The number of amides is 1. The van der Waals surface area contributed by atoms with Crippen LogP contribution in [-0.2, 0) is 17.7 Å². The molecule has 2 atom stereocenters. The van der Waals surface area contributed by atoms with E-state index in [0.29, 0.717) is 31.9 Å². The number of alkyl halides is 3. The Morgan fingerprint density at radius 1 is 1.23 bits per heavy atom. The van der Waals surface area contributed by atoms with Crippen molar-refractivity contribution in [1.29, 1.82) is 0 Å². The van der Waals surface area contributed by atoms with Crippen LogP contribution >= 0.6 is 0 Å². The van der Waals surface area contributed by atoms with Crippen molar-refractivity contribution < 1.29 is 32.2 Å². The third kappa shape index (κ3) is 5.56. The largest absolute Gasteiger partial charge is 0.491 e. The summed E-state index contributed by atoms with van der Waals surface area (Å²) < 4.78 is 54.1. The molecule has 0 saturated heterocycles. The molecule has 35 heavy (non-hydrogen) atoms. The third-order valence-electron chi connectivity index (χ3n) is 5.75. The van der Waals surface area contributed by atoms with Gasteiger partial charge in [-0.15, -0.1) is 0 Å². The van der Waals surface area contributed by atoms with Crippen molar-refractivity contribution in [1.82, 2.24) is 20.1 Å². The first kappa shape index (κ1) is 23.2. The quantitative estimate of drug-likeness (QED) is 0.513. The number of aromatic nitrogens is 3. The van der Waals surface area contributed by atoms with Gasteiger partial charge in [0.05, 0.1) is 24.9 Å². The maximum absolute atomic E-state index is 12.8. The number of carbonyl (C=O) groups excluding carboxylic acids is 1. The topological polar surface area (TPSA) is 87.5 Å². The molecule has 3 aromatic rings. The summed E-state index contributed by atoms with van der Waals surface area (Å²) in [5, 5.41) is 7.24. The van der Waals surface area contributed by atoms with Gasteiger partial charge in [0.1, 0.15) is 25.1 Å². The molecule has 1 N–H and O–H groups in total. The number of nitrogens with zero attached hydrogens (tertiary/aromatic N) is 3. The van der Waals surface area contributed by atoms with Crippen molar-refractivity contribution in [2.45, 2.75) is 37.7 Å². The molecule has 0 saturated carbocycles. The van der Waals surface area contributed by atoms with Crippen LogP contribution in [0.25, 0.3) is 11.3 Å². The minimum Gasteiger partial charge on any atom is -0.491 e. The van der Waals surface area contributed by atoms with Gasteiger partial charge in [0.2, 0.25) is 5.88 Å². The molecule has 8 nitrogen and oxygen atoms in total. The molecule has 1 amide bonds. The van der Waals surface area contributed by atoms with Crippen molar-refractivity contribution in [2.75, 3.05) is 19.8 Å². The molecule has 0 radical (unpaired) electrons. The van der Waals surface area contributed by atoms with Crippen LogP contribution in [0.15, 0.2) is 48.7 Å². The number of hydrogen-bond donors (Lipinski definition) is 1. The van der Waals surface area contributed by atoms with Crippen LogP contribution in [0.1, 0.15) is 22.5 Å². The Kier molecular flexibility index (Phi) is 6.33. The molecule has 0 spiro atoms. The van der Waals surface area contributed by atoms with Crippen LogP contribution in [-0.4, -0.2) is 58.8 Å². The molecule has 5 rings (SSSR count). The van der Waals surface area contributed by atoms with Crippen molar-refractivity contribution in [3.05, 3.63) is 59.9 Å². The molecule has 2 aliphatic heterocycles. The Balaban J connectivity index is 1.15. The predicted octanol–water partition coefficient (Wildman–Crippen LogP) is 3.41. The van der Waals surface area contributed by atoms with E-state index in [9.17, 15) is 18.0 Å². The van der Waals surface area contributed by atoms with Gasteiger partial charge >= 0.3 is 6.18 Å². The number of nitrogens with one attached hydrogen (secondary N) is 1. The Labute approximate surface area is 199 Å². The number of fused-ring (bicyclic) bond motifs is 2. The van der Waals surface area contributed by atoms with Gasteiger partial charge in [0.25, 0.3) is 5.91 Å². The van der Waals surface area contributed by atoms with E-state index in [1.165, 1.54) is 10.7 Å². The maximum atomic E-state index is 12.8. The fourth-order valence-electron chi connectivity index (χ4n) is 4.13. The van der Waals surface area contributed by atoms with Gasteiger partial charge in [-0.2, -0.15) is 18.3 Å². The van der Waals surface area contributed by atoms with E-state index in [0.717, 1.165) is 22.6 Å². The molecule has 184 valence electrons. The minimum atomic E-state index is -4.35. The van der Waals surface area contributed by atoms with E-state index < -0.39 is 12.8 Å². The number of carbonyl (C=O) groups is 1. The average Bonchev–Trinajstić information content (AvgIpc) is 3.40. The molecule has 0 fully saturated rings. The highest BCUT2D eigenvalue weighted by atomic mass is 19.4. The second-order valence-corrected chi connectivity index (χ2v) is 8.47. The summed E-state index contributed by atoms with van der Waals surface area (Å²) in [6.45, 7) is -0.679. The van der Waals surface area contributed by atoms with Gasteiger partial charge in [-0.05, 0) is 42.3 Å². The summed E-state index contributed by atoms with van der Waals surface area (Å²) in [4.78, 5) is 17.2. The van der Waals surface area contributed by atoms with E-state index in [1.54, 1.807) is 6.20 Å². The van der Waals surface area contributed by atoms with Crippen LogP contribution in [0.4, 0.5) is 13.2 Å². The molecule has 0 bridgehead atoms. The van der Waals surface area contributed by atoms with Gasteiger partial charge in [0.15, 0.2) is 5.69 Å². The lowest BCUT2D eigenvalue weighted by Crippen LogP contribution is -2.43. The Morgan fingerprint density at radius 3 is 2.89 bits per heavy atom. The fraction of sp³-hybridized carbons (Fsp3) is 0.375. The number of pyridine rings is 1. The number of hydrogen-bond acceptors (Lipinski definition) is 6. The standard InChI is InChI=1S/C24H23F3N4O4/c25-24(26,27)14-33-8-6-18-12-31-22(35-18)11-20(30-31)23(32)29-17-10-16-9-15(4-5-21(16)34-13-17)19-3-1-2-7-28-19/h1-5,7,9,11,17-18H,6,8,10,12-14H2,(H,29,32)/t17-,18-/m1/s1. The van der Waals surface area contributed by atoms with Gasteiger partial charge < -0.3 is 19.5 Å². The first-order valence-electron chi connectivity index (χ1n) is 11.2. The van der Waals surface area contributed by atoms with Crippen LogP contribution in [0.2, 0.25) is 0 Å². The summed E-state index contributed by atoms with van der Waals surface area (Å²) in [6.07, 6.45) is -2.06. The second-order valence-electron chi connectivity index (χ2n) is 8.47. The molecule has 4 heterocycles. The zero-order valence-electron chi connectivity index (χ0n) is 18.6. The fourth-order valence-corrected chi connectivity index (χ4v) is 4.13. The van der Waals surface area contributed by atoms with Gasteiger partial charge in [0, 0.05) is 24.2 Å². The van der Waals surface area contributed by atoms with E-state index in [2.05, 4.69) is 20.1 Å². The zero-order chi connectivity index (χ0) is 24.4. The lowest BCUT2D eigenvalue weighted by molar-refractivity contribution is -0.174. The van der Waals surface area contributed by atoms with Gasteiger partial charge in [-0.3, -0.25) is 9.78 Å². The van der Waals surface area contributed by atoms with Crippen molar-refractivity contribution in [3.8, 4) is 22.9 Å². The Morgan fingerprint density at radius 2 is 2.11 bits per heavy atom. The van der Waals surface area contributed by atoms with Gasteiger partial charge in [-0.1, -0.05) is 6.07 Å². The number of benzene rings is 1. The van der Waals surface area contributed by atoms with Crippen molar-refractivity contribution in [3.63, 3.8) is 0 Å². The first-order chi connectivity index (χ1) is 16.8. The van der Waals surface area contributed by atoms with Crippen LogP contribution in [0.3, 0.4) is 0 Å². The minimum absolute atomic E-state index is 0.0758. The number of rotatable bonds is 7. The lowest BCUT2D eigenvalue weighted by Gasteiger charge is -2.26. The SMILES string of the molecule is O=C(N[C@H]1COc2ccc(-c3ccccn3)cc2C1)c1cc2n(n1)C[C@@H](CCOCC(F)(F)F)O2. The molecule has 1 aromatic carbocycles. The summed E-state index contributed by atoms with van der Waals surface area (Å²) in [6, 6.07) is 12.9. The van der Waals surface area contributed by atoms with Crippen molar-refractivity contribution >= 4 is 5.91 Å². The van der Waals surface area contributed by atoms with E-state index in [1.807, 2.05) is 36.4 Å². The van der Waals surface area contributed by atoms with E-state index in [-0.39, 0.29) is 30.4 Å². The molecule has 0 aliphatic carbocycles. The second kappa shape index (κ2) is 9.57. The predicted molar refractivity (Wildman–Crippen MR) is 118 cm³/mol. The molecule has 2 aliphatic rings. The molecule has 11 heteroatoms.